The number of nitrogens with two attached hydrogens (primary N) is 1. The predicted octanol–water partition coefficient (Wildman–Crippen LogP) is 2.22. The van der Waals surface area contributed by atoms with Gasteiger partial charge in [0.2, 0.25) is 0 Å². The first kappa shape index (κ1) is 11.7. The Hall–Kier alpha value is -0.730. The largest absolute Gasteiger partial charge is 0.370 e. The van der Waals surface area contributed by atoms with Gasteiger partial charge in [-0.15, -0.1) is 0 Å². The van der Waals surface area contributed by atoms with Crippen molar-refractivity contribution in [3.8, 4) is 0 Å². The van der Waals surface area contributed by atoms with Crippen LogP contribution in [0.3, 0.4) is 0 Å². The summed E-state index contributed by atoms with van der Waals surface area (Å²) >= 11 is 0. The lowest BCUT2D eigenvalue weighted by Gasteiger charge is -2.37. The molecule has 0 aromatic heterocycles. The molecule has 16 heavy (non-hydrogen) atoms. The van der Waals surface area contributed by atoms with Gasteiger partial charge in [0.1, 0.15) is 0 Å². The van der Waals surface area contributed by atoms with Crippen molar-refractivity contribution in [1.82, 2.24) is 4.90 Å². The van der Waals surface area contributed by atoms with Gasteiger partial charge in [0.05, 0.1) is 0 Å². The summed E-state index contributed by atoms with van der Waals surface area (Å²) in [4.78, 5) is 6.84. The van der Waals surface area contributed by atoms with Gasteiger partial charge in [-0.2, -0.15) is 0 Å². The molecule has 1 saturated carbocycles. The SMILES string of the molecule is CC1CCN(C(N)=NCC2(C)CCC2)CC1. The molecule has 2 fully saturated rings. The van der Waals surface area contributed by atoms with E-state index in [9.17, 15) is 0 Å². The molecular weight excluding hydrogens is 198 g/mol. The number of hydrogen-bond acceptors (Lipinski definition) is 1. The first-order chi connectivity index (χ1) is 7.59. The molecule has 0 spiro atoms. The van der Waals surface area contributed by atoms with Gasteiger partial charge >= 0.3 is 0 Å². The fraction of sp³-hybridized carbons (Fsp3) is 0.923. The highest BCUT2D eigenvalue weighted by atomic mass is 15.3. The molecule has 2 N–H and O–H groups in total. The summed E-state index contributed by atoms with van der Waals surface area (Å²) in [7, 11) is 0. The topological polar surface area (TPSA) is 41.6 Å². The minimum absolute atomic E-state index is 0.452. The Kier molecular flexibility index (Phi) is 3.41. The third kappa shape index (κ3) is 2.69. The predicted molar refractivity (Wildman–Crippen MR) is 68.4 cm³/mol. The molecule has 1 aliphatic heterocycles. The Balaban J connectivity index is 1.81. The summed E-state index contributed by atoms with van der Waals surface area (Å²) in [6.07, 6.45) is 6.52. The summed E-state index contributed by atoms with van der Waals surface area (Å²) in [5.74, 6) is 1.63. The standard InChI is InChI=1S/C13H25N3/c1-11-4-8-16(9-5-11)12(14)15-10-13(2)6-3-7-13/h11H,3-10H2,1-2H3,(H2,14,15). The summed E-state index contributed by atoms with van der Waals surface area (Å²) in [6.45, 7) is 7.75. The van der Waals surface area contributed by atoms with Gasteiger partial charge in [-0.1, -0.05) is 20.3 Å². The van der Waals surface area contributed by atoms with Crippen molar-refractivity contribution < 1.29 is 0 Å². The lowest BCUT2D eigenvalue weighted by Crippen LogP contribution is -2.43. The second-order valence-electron chi connectivity index (χ2n) is 6.01. The third-order valence-electron chi connectivity index (χ3n) is 4.29. The van der Waals surface area contributed by atoms with E-state index in [1.165, 1.54) is 32.1 Å². The maximum absolute atomic E-state index is 6.06. The monoisotopic (exact) mass is 223 g/mol. The zero-order valence-corrected chi connectivity index (χ0v) is 10.7. The molecule has 0 amide bonds. The molecular formula is C13H25N3. The quantitative estimate of drug-likeness (QED) is 0.576. The summed E-state index contributed by atoms with van der Waals surface area (Å²) in [5.41, 5.74) is 6.51. The van der Waals surface area contributed by atoms with Crippen LogP contribution in [0.15, 0.2) is 4.99 Å². The normalized spacial score (nSPS) is 26.6. The van der Waals surface area contributed by atoms with Crippen molar-refractivity contribution in [2.75, 3.05) is 19.6 Å². The fourth-order valence-electron chi connectivity index (χ4n) is 2.55. The number of aliphatic imine (C=N–C) groups is 1. The van der Waals surface area contributed by atoms with E-state index in [-0.39, 0.29) is 0 Å². The second-order valence-corrected chi connectivity index (χ2v) is 6.01. The Morgan fingerprint density at radius 3 is 2.50 bits per heavy atom. The molecule has 0 radical (unpaired) electrons. The Labute approximate surface area is 99.1 Å². The van der Waals surface area contributed by atoms with Gasteiger partial charge in [-0.3, -0.25) is 4.99 Å². The zero-order valence-electron chi connectivity index (χ0n) is 10.7. The van der Waals surface area contributed by atoms with Crippen molar-refractivity contribution in [2.24, 2.45) is 22.1 Å². The van der Waals surface area contributed by atoms with E-state index >= 15 is 0 Å². The van der Waals surface area contributed by atoms with Crippen LogP contribution in [-0.4, -0.2) is 30.5 Å². The number of guanidine groups is 1. The summed E-state index contributed by atoms with van der Waals surface area (Å²) in [6, 6.07) is 0. The maximum atomic E-state index is 6.06. The molecule has 0 unspecified atom stereocenters. The molecule has 1 saturated heterocycles. The minimum atomic E-state index is 0.452. The van der Waals surface area contributed by atoms with Crippen LogP contribution in [0.4, 0.5) is 0 Å². The number of hydrogen-bond donors (Lipinski definition) is 1. The third-order valence-corrected chi connectivity index (χ3v) is 4.29. The molecule has 0 aromatic rings. The number of piperidine rings is 1. The second kappa shape index (κ2) is 4.64. The van der Waals surface area contributed by atoms with Crippen LogP contribution in [0.1, 0.15) is 46.0 Å². The molecule has 1 aliphatic carbocycles. The van der Waals surface area contributed by atoms with E-state index in [2.05, 4.69) is 23.7 Å². The smallest absolute Gasteiger partial charge is 0.191 e. The molecule has 2 aliphatic rings. The average molecular weight is 223 g/mol. The Morgan fingerprint density at radius 1 is 1.38 bits per heavy atom. The molecule has 0 bridgehead atoms. The van der Waals surface area contributed by atoms with E-state index in [0.717, 1.165) is 31.5 Å². The average Bonchev–Trinajstić information content (AvgIpc) is 2.24. The van der Waals surface area contributed by atoms with Crippen LogP contribution in [0.2, 0.25) is 0 Å². The van der Waals surface area contributed by atoms with Gasteiger partial charge < -0.3 is 10.6 Å². The van der Waals surface area contributed by atoms with E-state index in [1.807, 2.05) is 0 Å². The van der Waals surface area contributed by atoms with Crippen LogP contribution in [0, 0.1) is 11.3 Å². The first-order valence-corrected chi connectivity index (χ1v) is 6.64. The molecule has 92 valence electrons. The Bertz CT molecular complexity index is 260. The van der Waals surface area contributed by atoms with Crippen LogP contribution < -0.4 is 5.73 Å². The number of likely N-dealkylation sites (tertiary alicyclic amines) is 1. The summed E-state index contributed by atoms with van der Waals surface area (Å²) < 4.78 is 0. The zero-order chi connectivity index (χ0) is 11.6. The molecule has 0 aromatic carbocycles. The van der Waals surface area contributed by atoms with Crippen LogP contribution >= 0.6 is 0 Å². The van der Waals surface area contributed by atoms with Gasteiger partial charge in [0.25, 0.3) is 0 Å². The molecule has 3 nitrogen and oxygen atoms in total. The lowest BCUT2D eigenvalue weighted by atomic mass is 9.71. The highest BCUT2D eigenvalue weighted by Crippen LogP contribution is 2.40. The van der Waals surface area contributed by atoms with E-state index in [0.29, 0.717) is 5.41 Å². The lowest BCUT2D eigenvalue weighted by molar-refractivity contribution is 0.172. The molecule has 0 atom stereocenters. The van der Waals surface area contributed by atoms with Crippen molar-refractivity contribution >= 4 is 5.96 Å². The molecule has 3 heteroatoms. The van der Waals surface area contributed by atoms with Crippen molar-refractivity contribution in [3.63, 3.8) is 0 Å². The maximum Gasteiger partial charge on any atom is 0.191 e. The van der Waals surface area contributed by atoms with Gasteiger partial charge in [0.15, 0.2) is 5.96 Å². The van der Waals surface area contributed by atoms with Crippen molar-refractivity contribution in [2.45, 2.75) is 46.0 Å². The highest BCUT2D eigenvalue weighted by Gasteiger charge is 2.31. The Morgan fingerprint density at radius 2 is 2.00 bits per heavy atom. The molecule has 2 rings (SSSR count). The minimum Gasteiger partial charge on any atom is -0.370 e. The van der Waals surface area contributed by atoms with E-state index in [4.69, 9.17) is 5.73 Å². The highest BCUT2D eigenvalue weighted by molar-refractivity contribution is 5.78. The number of rotatable bonds is 2. The first-order valence-electron chi connectivity index (χ1n) is 6.64. The van der Waals surface area contributed by atoms with Crippen molar-refractivity contribution in [1.29, 1.82) is 0 Å². The van der Waals surface area contributed by atoms with E-state index in [1.54, 1.807) is 0 Å². The fourth-order valence-corrected chi connectivity index (χ4v) is 2.55. The van der Waals surface area contributed by atoms with E-state index < -0.39 is 0 Å². The van der Waals surface area contributed by atoms with Crippen LogP contribution in [0.25, 0.3) is 0 Å². The van der Waals surface area contributed by atoms with Crippen LogP contribution in [-0.2, 0) is 0 Å². The van der Waals surface area contributed by atoms with Gasteiger partial charge in [-0.05, 0) is 37.0 Å². The summed E-state index contributed by atoms with van der Waals surface area (Å²) in [5, 5.41) is 0. The van der Waals surface area contributed by atoms with Crippen LogP contribution in [0.5, 0.6) is 0 Å². The molecule has 1 heterocycles. The van der Waals surface area contributed by atoms with Gasteiger partial charge in [0, 0.05) is 19.6 Å². The van der Waals surface area contributed by atoms with Gasteiger partial charge in [-0.25, -0.2) is 0 Å². The van der Waals surface area contributed by atoms with Crippen molar-refractivity contribution in [3.05, 3.63) is 0 Å². The number of nitrogens with zero attached hydrogens (tertiary/aromatic N) is 2.